The number of phenols is 1. The minimum atomic E-state index is 0.211. The van der Waals surface area contributed by atoms with Crippen LogP contribution in [0.3, 0.4) is 0 Å². The van der Waals surface area contributed by atoms with E-state index in [0.29, 0.717) is 13.2 Å². The van der Waals surface area contributed by atoms with E-state index >= 15 is 0 Å². The molecule has 3 aromatic rings. The second-order valence-electron chi connectivity index (χ2n) is 6.03. The highest BCUT2D eigenvalue weighted by Crippen LogP contribution is 2.36. The van der Waals surface area contributed by atoms with Gasteiger partial charge < -0.3 is 19.3 Å². The maximum absolute atomic E-state index is 10.3. The SMILES string of the molecule is COc1ccc(COCc2ccc(OC)cc2-c2cc(Br)ccc2O)cc1. The topological polar surface area (TPSA) is 47.9 Å². The zero-order valence-electron chi connectivity index (χ0n) is 15.2. The molecule has 0 amide bonds. The van der Waals surface area contributed by atoms with Crippen LogP contribution in [-0.4, -0.2) is 19.3 Å². The molecule has 0 atom stereocenters. The van der Waals surface area contributed by atoms with E-state index in [9.17, 15) is 5.11 Å². The Morgan fingerprint density at radius 3 is 2.19 bits per heavy atom. The lowest BCUT2D eigenvalue weighted by molar-refractivity contribution is 0.107. The summed E-state index contributed by atoms with van der Waals surface area (Å²) >= 11 is 3.46. The number of hydrogen-bond donors (Lipinski definition) is 1. The number of aromatic hydroxyl groups is 1. The van der Waals surface area contributed by atoms with Crippen LogP contribution in [0.4, 0.5) is 0 Å². The van der Waals surface area contributed by atoms with Crippen LogP contribution in [0.5, 0.6) is 17.2 Å². The Balaban J connectivity index is 1.81. The van der Waals surface area contributed by atoms with Crippen molar-refractivity contribution in [3.05, 3.63) is 76.3 Å². The van der Waals surface area contributed by atoms with Gasteiger partial charge in [-0.3, -0.25) is 0 Å². The molecule has 0 saturated heterocycles. The normalized spacial score (nSPS) is 10.6. The summed E-state index contributed by atoms with van der Waals surface area (Å²) in [6, 6.07) is 18.9. The molecule has 5 heteroatoms. The quantitative estimate of drug-likeness (QED) is 0.535. The fourth-order valence-corrected chi connectivity index (χ4v) is 3.14. The molecular weight excluding hydrogens is 408 g/mol. The average molecular weight is 429 g/mol. The highest BCUT2D eigenvalue weighted by molar-refractivity contribution is 9.10. The summed E-state index contributed by atoms with van der Waals surface area (Å²) in [4.78, 5) is 0. The molecule has 1 N–H and O–H groups in total. The largest absolute Gasteiger partial charge is 0.507 e. The van der Waals surface area contributed by atoms with Gasteiger partial charge in [-0.15, -0.1) is 0 Å². The minimum absolute atomic E-state index is 0.211. The Morgan fingerprint density at radius 1 is 0.778 bits per heavy atom. The van der Waals surface area contributed by atoms with Gasteiger partial charge in [0.05, 0.1) is 27.4 Å². The molecule has 0 unspecified atom stereocenters. The van der Waals surface area contributed by atoms with Gasteiger partial charge in [-0.25, -0.2) is 0 Å². The van der Waals surface area contributed by atoms with Gasteiger partial charge in [-0.2, -0.15) is 0 Å². The van der Waals surface area contributed by atoms with E-state index in [-0.39, 0.29) is 5.75 Å². The molecule has 27 heavy (non-hydrogen) atoms. The monoisotopic (exact) mass is 428 g/mol. The fourth-order valence-electron chi connectivity index (χ4n) is 2.78. The number of rotatable bonds is 7. The molecule has 0 saturated carbocycles. The van der Waals surface area contributed by atoms with Crippen LogP contribution in [0.15, 0.2) is 65.1 Å². The van der Waals surface area contributed by atoms with Crippen molar-refractivity contribution < 1.29 is 19.3 Å². The number of hydrogen-bond acceptors (Lipinski definition) is 4. The van der Waals surface area contributed by atoms with E-state index in [1.165, 1.54) is 0 Å². The van der Waals surface area contributed by atoms with Gasteiger partial charge in [0.25, 0.3) is 0 Å². The van der Waals surface area contributed by atoms with Crippen molar-refractivity contribution in [2.24, 2.45) is 0 Å². The summed E-state index contributed by atoms with van der Waals surface area (Å²) in [5.74, 6) is 1.76. The van der Waals surface area contributed by atoms with Gasteiger partial charge in [0, 0.05) is 10.0 Å². The number of ether oxygens (including phenoxy) is 3. The molecule has 0 aromatic heterocycles. The molecule has 0 fully saturated rings. The average Bonchev–Trinajstić information content (AvgIpc) is 2.70. The maximum atomic E-state index is 10.3. The van der Waals surface area contributed by atoms with Crippen molar-refractivity contribution in [3.63, 3.8) is 0 Å². The lowest BCUT2D eigenvalue weighted by atomic mass is 9.99. The van der Waals surface area contributed by atoms with Gasteiger partial charge in [-0.05, 0) is 59.2 Å². The molecule has 3 rings (SSSR count). The summed E-state index contributed by atoms with van der Waals surface area (Å²) < 4.78 is 17.3. The van der Waals surface area contributed by atoms with E-state index < -0.39 is 0 Å². The van der Waals surface area contributed by atoms with Crippen LogP contribution in [0.2, 0.25) is 0 Å². The van der Waals surface area contributed by atoms with Crippen LogP contribution < -0.4 is 9.47 Å². The zero-order chi connectivity index (χ0) is 19.2. The smallest absolute Gasteiger partial charge is 0.123 e. The number of benzene rings is 3. The van der Waals surface area contributed by atoms with Crippen LogP contribution >= 0.6 is 15.9 Å². The van der Waals surface area contributed by atoms with Crippen LogP contribution in [0.1, 0.15) is 11.1 Å². The molecule has 0 bridgehead atoms. The molecule has 3 aromatic carbocycles. The molecule has 0 radical (unpaired) electrons. The molecule has 0 aliphatic heterocycles. The van der Waals surface area contributed by atoms with Crippen molar-refractivity contribution in [2.45, 2.75) is 13.2 Å². The van der Waals surface area contributed by atoms with Gasteiger partial charge in [0.15, 0.2) is 0 Å². The van der Waals surface area contributed by atoms with Gasteiger partial charge in [0.1, 0.15) is 17.2 Å². The highest BCUT2D eigenvalue weighted by atomic mass is 79.9. The third-order valence-electron chi connectivity index (χ3n) is 4.25. The molecule has 140 valence electrons. The summed E-state index contributed by atoms with van der Waals surface area (Å²) in [5, 5.41) is 10.3. The summed E-state index contributed by atoms with van der Waals surface area (Å²) in [7, 11) is 3.27. The van der Waals surface area contributed by atoms with Gasteiger partial charge >= 0.3 is 0 Å². The standard InChI is InChI=1S/C22H21BrO4/c1-25-18-7-3-15(4-8-18)13-27-14-16-5-9-19(26-2)12-20(16)21-11-17(23)6-10-22(21)24/h3-12,24H,13-14H2,1-2H3. The first-order valence-electron chi connectivity index (χ1n) is 8.47. The predicted octanol–water partition coefficient (Wildman–Crippen LogP) is 5.56. The Labute approximate surface area is 167 Å². The fraction of sp³-hybridized carbons (Fsp3) is 0.182. The molecule has 0 aliphatic carbocycles. The Hall–Kier alpha value is -2.50. The Kier molecular flexibility index (Phi) is 6.37. The van der Waals surface area contributed by atoms with Crippen molar-refractivity contribution in [1.82, 2.24) is 0 Å². The third-order valence-corrected chi connectivity index (χ3v) is 4.74. The van der Waals surface area contributed by atoms with Gasteiger partial charge in [0.2, 0.25) is 0 Å². The lowest BCUT2D eigenvalue weighted by Crippen LogP contribution is -1.98. The number of methoxy groups -OCH3 is 2. The molecule has 0 aliphatic rings. The summed E-state index contributed by atoms with van der Waals surface area (Å²) in [6.45, 7) is 0.900. The van der Waals surface area contributed by atoms with E-state index in [0.717, 1.165) is 38.2 Å². The predicted molar refractivity (Wildman–Crippen MR) is 109 cm³/mol. The number of halogens is 1. The van der Waals surface area contributed by atoms with Crippen molar-refractivity contribution >= 4 is 15.9 Å². The van der Waals surface area contributed by atoms with E-state index in [2.05, 4.69) is 15.9 Å². The van der Waals surface area contributed by atoms with Crippen LogP contribution in [0, 0.1) is 0 Å². The second-order valence-corrected chi connectivity index (χ2v) is 6.94. The van der Waals surface area contributed by atoms with Crippen LogP contribution in [0.25, 0.3) is 11.1 Å². The molecule has 0 spiro atoms. The Morgan fingerprint density at radius 2 is 1.48 bits per heavy atom. The maximum Gasteiger partial charge on any atom is 0.123 e. The molecular formula is C22H21BrO4. The van der Waals surface area contributed by atoms with Crippen molar-refractivity contribution in [3.8, 4) is 28.4 Å². The van der Waals surface area contributed by atoms with Gasteiger partial charge in [-0.1, -0.05) is 34.1 Å². The van der Waals surface area contributed by atoms with E-state index in [1.807, 2.05) is 48.5 Å². The summed E-state index contributed by atoms with van der Waals surface area (Å²) in [6.07, 6.45) is 0. The van der Waals surface area contributed by atoms with Crippen molar-refractivity contribution in [1.29, 1.82) is 0 Å². The molecule has 0 heterocycles. The minimum Gasteiger partial charge on any atom is -0.507 e. The molecule has 4 nitrogen and oxygen atoms in total. The first-order chi connectivity index (χ1) is 13.1. The number of phenolic OH excluding ortho intramolecular Hbond substituents is 1. The third kappa shape index (κ3) is 4.81. The Bertz CT molecular complexity index is 907. The first kappa shape index (κ1) is 19.3. The van der Waals surface area contributed by atoms with E-state index in [4.69, 9.17) is 14.2 Å². The lowest BCUT2D eigenvalue weighted by Gasteiger charge is -2.14. The van der Waals surface area contributed by atoms with Crippen LogP contribution in [-0.2, 0) is 18.0 Å². The first-order valence-corrected chi connectivity index (χ1v) is 9.26. The van der Waals surface area contributed by atoms with E-state index in [1.54, 1.807) is 26.4 Å². The second kappa shape index (κ2) is 8.93. The zero-order valence-corrected chi connectivity index (χ0v) is 16.8. The summed E-state index contributed by atoms with van der Waals surface area (Å²) in [5.41, 5.74) is 3.64. The van der Waals surface area contributed by atoms with Crippen molar-refractivity contribution in [2.75, 3.05) is 14.2 Å². The highest BCUT2D eigenvalue weighted by Gasteiger charge is 2.12.